The summed E-state index contributed by atoms with van der Waals surface area (Å²) >= 11 is 1.34. The maximum atomic E-state index is 12.3. The molecular weight excluding hydrogens is 338 g/mol. The van der Waals surface area contributed by atoms with Gasteiger partial charge in [0.15, 0.2) is 16.8 Å². The van der Waals surface area contributed by atoms with Crippen LogP contribution in [-0.4, -0.2) is 31.1 Å². The number of thioether (sulfide) groups is 1. The first-order valence-corrected chi connectivity index (χ1v) is 8.70. The molecule has 1 atom stereocenters. The number of nitrogens with one attached hydrogen (secondary N) is 1. The second-order valence-electron chi connectivity index (χ2n) is 5.75. The van der Waals surface area contributed by atoms with E-state index in [1.165, 1.54) is 11.8 Å². The first-order valence-electron chi connectivity index (χ1n) is 7.82. The molecule has 3 aromatic rings. The number of carbonyl (C=O) groups excluding carboxylic acids is 1. The molecule has 0 aliphatic heterocycles. The van der Waals surface area contributed by atoms with Gasteiger partial charge in [0.05, 0.1) is 5.25 Å². The standard InChI is InChI=1S/C17H19N5O2S/c1-10-7-5-6-8-13(10)15-19-20-17(22(15)4)25-12(3)16(23)18-14-9-11(2)24-21-14/h5-9,12H,1-4H3,(H,18,21,23)/t12-/m0/s1. The lowest BCUT2D eigenvalue weighted by atomic mass is 10.1. The van der Waals surface area contributed by atoms with Gasteiger partial charge in [-0.1, -0.05) is 41.2 Å². The van der Waals surface area contributed by atoms with Gasteiger partial charge in [0.2, 0.25) is 5.91 Å². The summed E-state index contributed by atoms with van der Waals surface area (Å²) in [6, 6.07) is 9.68. The summed E-state index contributed by atoms with van der Waals surface area (Å²) in [4.78, 5) is 12.3. The Labute approximate surface area is 149 Å². The fraction of sp³-hybridized carbons (Fsp3) is 0.294. The van der Waals surface area contributed by atoms with Crippen molar-refractivity contribution in [3.8, 4) is 11.4 Å². The van der Waals surface area contributed by atoms with Gasteiger partial charge in [-0.3, -0.25) is 4.79 Å². The second kappa shape index (κ2) is 7.10. The maximum absolute atomic E-state index is 12.3. The van der Waals surface area contributed by atoms with E-state index in [1.54, 1.807) is 13.0 Å². The average Bonchev–Trinajstić information content (AvgIpc) is 3.14. The van der Waals surface area contributed by atoms with E-state index in [-0.39, 0.29) is 11.2 Å². The number of rotatable bonds is 5. The Kier molecular flexibility index (Phi) is 4.89. The molecule has 25 heavy (non-hydrogen) atoms. The molecule has 0 aliphatic carbocycles. The quantitative estimate of drug-likeness (QED) is 0.706. The Morgan fingerprint density at radius 1 is 1.28 bits per heavy atom. The highest BCUT2D eigenvalue weighted by Gasteiger charge is 2.20. The summed E-state index contributed by atoms with van der Waals surface area (Å²) in [7, 11) is 1.90. The number of hydrogen-bond donors (Lipinski definition) is 1. The second-order valence-corrected chi connectivity index (χ2v) is 7.06. The molecule has 2 heterocycles. The number of anilines is 1. The molecular formula is C17H19N5O2S. The monoisotopic (exact) mass is 357 g/mol. The topological polar surface area (TPSA) is 85.8 Å². The van der Waals surface area contributed by atoms with Crippen LogP contribution in [-0.2, 0) is 11.8 Å². The molecule has 3 rings (SSSR count). The van der Waals surface area contributed by atoms with Gasteiger partial charge in [0.1, 0.15) is 5.76 Å². The highest BCUT2D eigenvalue weighted by atomic mass is 32.2. The molecule has 0 spiro atoms. The third kappa shape index (κ3) is 3.74. The molecule has 0 aliphatic rings. The van der Waals surface area contributed by atoms with E-state index < -0.39 is 0 Å². The van der Waals surface area contributed by atoms with E-state index in [9.17, 15) is 4.79 Å². The average molecular weight is 357 g/mol. The van der Waals surface area contributed by atoms with Crippen LogP contribution in [0.1, 0.15) is 18.2 Å². The van der Waals surface area contributed by atoms with Crippen molar-refractivity contribution in [3.05, 3.63) is 41.7 Å². The summed E-state index contributed by atoms with van der Waals surface area (Å²) in [5.41, 5.74) is 2.15. The fourth-order valence-electron chi connectivity index (χ4n) is 2.34. The first kappa shape index (κ1) is 17.2. The minimum atomic E-state index is -0.357. The molecule has 1 N–H and O–H groups in total. The largest absolute Gasteiger partial charge is 0.360 e. The molecule has 0 fully saturated rings. The Balaban J connectivity index is 1.73. The van der Waals surface area contributed by atoms with Crippen molar-refractivity contribution in [1.82, 2.24) is 19.9 Å². The highest BCUT2D eigenvalue weighted by Crippen LogP contribution is 2.27. The van der Waals surface area contributed by atoms with Crippen molar-refractivity contribution in [1.29, 1.82) is 0 Å². The van der Waals surface area contributed by atoms with Crippen LogP contribution < -0.4 is 5.32 Å². The van der Waals surface area contributed by atoms with E-state index in [1.807, 2.05) is 49.7 Å². The number of aromatic nitrogens is 4. The highest BCUT2D eigenvalue weighted by molar-refractivity contribution is 8.00. The summed E-state index contributed by atoms with van der Waals surface area (Å²) in [6.07, 6.45) is 0. The van der Waals surface area contributed by atoms with Gasteiger partial charge in [-0.05, 0) is 26.3 Å². The van der Waals surface area contributed by atoms with Crippen molar-refractivity contribution < 1.29 is 9.32 Å². The van der Waals surface area contributed by atoms with Gasteiger partial charge in [-0.25, -0.2) is 0 Å². The van der Waals surface area contributed by atoms with Crippen LogP contribution in [0.4, 0.5) is 5.82 Å². The Morgan fingerprint density at radius 2 is 2.04 bits per heavy atom. The zero-order valence-corrected chi connectivity index (χ0v) is 15.3. The van der Waals surface area contributed by atoms with Gasteiger partial charge < -0.3 is 14.4 Å². The van der Waals surface area contributed by atoms with E-state index in [4.69, 9.17) is 4.52 Å². The van der Waals surface area contributed by atoms with Crippen LogP contribution in [0.5, 0.6) is 0 Å². The van der Waals surface area contributed by atoms with Crippen LogP contribution in [0.25, 0.3) is 11.4 Å². The van der Waals surface area contributed by atoms with Gasteiger partial charge >= 0.3 is 0 Å². The van der Waals surface area contributed by atoms with Crippen molar-refractivity contribution in [2.24, 2.45) is 7.05 Å². The lowest BCUT2D eigenvalue weighted by Crippen LogP contribution is -2.23. The van der Waals surface area contributed by atoms with Crippen molar-refractivity contribution >= 4 is 23.5 Å². The van der Waals surface area contributed by atoms with Crippen LogP contribution in [0.3, 0.4) is 0 Å². The zero-order valence-electron chi connectivity index (χ0n) is 14.5. The molecule has 0 radical (unpaired) electrons. The fourth-order valence-corrected chi connectivity index (χ4v) is 3.16. The number of amides is 1. The van der Waals surface area contributed by atoms with Crippen LogP contribution in [0.15, 0.2) is 40.0 Å². The molecule has 130 valence electrons. The predicted molar refractivity (Wildman–Crippen MR) is 96.4 cm³/mol. The van der Waals surface area contributed by atoms with Crippen molar-refractivity contribution in [3.63, 3.8) is 0 Å². The number of aryl methyl sites for hydroxylation is 2. The summed E-state index contributed by atoms with van der Waals surface area (Å²) in [5.74, 6) is 1.67. The Bertz CT molecular complexity index is 902. The zero-order chi connectivity index (χ0) is 18.0. The third-order valence-corrected chi connectivity index (χ3v) is 4.89. The molecule has 7 nitrogen and oxygen atoms in total. The SMILES string of the molecule is Cc1cc(NC(=O)[C@H](C)Sc2nnc(-c3ccccc3C)n2C)no1. The minimum absolute atomic E-state index is 0.168. The Hall–Kier alpha value is -2.61. The summed E-state index contributed by atoms with van der Waals surface area (Å²) in [6.45, 7) is 5.62. The predicted octanol–water partition coefficient (Wildman–Crippen LogP) is 3.21. The van der Waals surface area contributed by atoms with E-state index >= 15 is 0 Å². The van der Waals surface area contributed by atoms with Crippen LogP contribution in [0, 0.1) is 13.8 Å². The van der Waals surface area contributed by atoms with Crippen LogP contribution >= 0.6 is 11.8 Å². The van der Waals surface area contributed by atoms with E-state index in [2.05, 4.69) is 20.7 Å². The van der Waals surface area contributed by atoms with E-state index in [0.717, 1.165) is 17.0 Å². The lowest BCUT2D eigenvalue weighted by molar-refractivity contribution is -0.115. The maximum Gasteiger partial charge on any atom is 0.238 e. The van der Waals surface area contributed by atoms with Gasteiger partial charge in [0, 0.05) is 18.7 Å². The normalized spacial score (nSPS) is 12.2. The van der Waals surface area contributed by atoms with Gasteiger partial charge in [0.25, 0.3) is 0 Å². The van der Waals surface area contributed by atoms with Crippen molar-refractivity contribution in [2.75, 3.05) is 5.32 Å². The van der Waals surface area contributed by atoms with Crippen LogP contribution in [0.2, 0.25) is 0 Å². The Morgan fingerprint density at radius 3 is 2.72 bits per heavy atom. The number of hydrogen-bond acceptors (Lipinski definition) is 6. The van der Waals surface area contributed by atoms with Gasteiger partial charge in [-0.15, -0.1) is 10.2 Å². The summed E-state index contributed by atoms with van der Waals surface area (Å²) < 4.78 is 6.85. The smallest absolute Gasteiger partial charge is 0.238 e. The van der Waals surface area contributed by atoms with E-state index in [0.29, 0.717) is 16.7 Å². The number of nitrogens with zero attached hydrogens (tertiary/aromatic N) is 4. The number of benzene rings is 1. The molecule has 0 bridgehead atoms. The lowest BCUT2D eigenvalue weighted by Gasteiger charge is -2.10. The molecule has 1 aromatic carbocycles. The third-order valence-electron chi connectivity index (χ3n) is 3.75. The number of carbonyl (C=O) groups is 1. The van der Waals surface area contributed by atoms with Crippen molar-refractivity contribution in [2.45, 2.75) is 31.2 Å². The van der Waals surface area contributed by atoms with Gasteiger partial charge in [-0.2, -0.15) is 0 Å². The molecule has 0 unspecified atom stereocenters. The molecule has 8 heteroatoms. The minimum Gasteiger partial charge on any atom is -0.360 e. The summed E-state index contributed by atoms with van der Waals surface area (Å²) in [5, 5.41) is 15.3. The molecule has 0 saturated heterocycles. The molecule has 1 amide bonds. The molecule has 0 saturated carbocycles. The molecule has 2 aromatic heterocycles. The first-order chi connectivity index (χ1) is 12.0.